The first kappa shape index (κ1) is 13.3. The number of nitrogens with one attached hydrogen (secondary N) is 1. The number of hydrogen-bond donors (Lipinski definition) is 1. The predicted molar refractivity (Wildman–Crippen MR) is 77.8 cm³/mol. The molecule has 2 rings (SSSR count). The second-order valence-corrected chi connectivity index (χ2v) is 6.42. The lowest BCUT2D eigenvalue weighted by molar-refractivity contribution is 0.302. The Labute approximate surface area is 110 Å². The van der Waals surface area contributed by atoms with E-state index < -0.39 is 0 Å². The van der Waals surface area contributed by atoms with Gasteiger partial charge >= 0.3 is 0 Å². The smallest absolute Gasteiger partial charge is 0.157 e. The lowest BCUT2D eigenvalue weighted by Gasteiger charge is -2.30. The van der Waals surface area contributed by atoms with Gasteiger partial charge < -0.3 is 5.32 Å². The summed E-state index contributed by atoms with van der Waals surface area (Å²) in [5.41, 5.74) is 0. The van der Waals surface area contributed by atoms with Gasteiger partial charge in [-0.2, -0.15) is 0 Å². The molecule has 2 nitrogen and oxygen atoms in total. The number of nitrogens with zero attached hydrogens (tertiary/aromatic N) is 1. The standard InChI is InChI=1S/C14H26N2S/c1-3-11-7-5-6-8-13(11)16-14-15-12(4-2)9-10-17-14/h11-13H,3-10H2,1-2H3,(H,15,16). The number of rotatable bonds is 3. The van der Waals surface area contributed by atoms with Gasteiger partial charge in [-0.15, -0.1) is 0 Å². The molecule has 2 fully saturated rings. The summed E-state index contributed by atoms with van der Waals surface area (Å²) in [5, 5.41) is 4.84. The highest BCUT2D eigenvalue weighted by Crippen LogP contribution is 2.30. The van der Waals surface area contributed by atoms with Crippen molar-refractivity contribution in [3.63, 3.8) is 0 Å². The summed E-state index contributed by atoms with van der Waals surface area (Å²) in [6.45, 7) is 4.58. The van der Waals surface area contributed by atoms with Gasteiger partial charge in [-0.1, -0.05) is 44.9 Å². The average Bonchev–Trinajstić information content (AvgIpc) is 2.39. The molecule has 98 valence electrons. The molecule has 0 bridgehead atoms. The molecule has 1 saturated carbocycles. The minimum absolute atomic E-state index is 0.597. The van der Waals surface area contributed by atoms with Crippen LogP contribution in [0.1, 0.15) is 58.8 Å². The van der Waals surface area contributed by atoms with Crippen LogP contribution in [0.5, 0.6) is 0 Å². The summed E-state index contributed by atoms with van der Waals surface area (Å²) in [4.78, 5) is 5.01. The van der Waals surface area contributed by atoms with Gasteiger partial charge in [-0.3, -0.25) is 4.99 Å². The molecule has 1 heterocycles. The van der Waals surface area contributed by atoms with Crippen LogP contribution in [0.2, 0.25) is 0 Å². The van der Waals surface area contributed by atoms with Crippen molar-refractivity contribution in [1.29, 1.82) is 0 Å². The summed E-state index contributed by atoms with van der Waals surface area (Å²) >= 11 is 1.93. The molecule has 0 amide bonds. The van der Waals surface area contributed by atoms with Crippen LogP contribution in [0.3, 0.4) is 0 Å². The first-order chi connectivity index (χ1) is 8.33. The number of thioether (sulfide) groups is 1. The van der Waals surface area contributed by atoms with Crippen molar-refractivity contribution in [1.82, 2.24) is 5.32 Å². The van der Waals surface area contributed by atoms with Gasteiger partial charge in [0.2, 0.25) is 0 Å². The Morgan fingerprint density at radius 1 is 1.18 bits per heavy atom. The van der Waals surface area contributed by atoms with Gasteiger partial charge in [-0.25, -0.2) is 0 Å². The molecule has 1 aliphatic heterocycles. The van der Waals surface area contributed by atoms with Crippen LogP contribution >= 0.6 is 11.8 Å². The normalized spacial score (nSPS) is 36.8. The Bertz CT molecular complexity index is 265. The van der Waals surface area contributed by atoms with Gasteiger partial charge in [0.25, 0.3) is 0 Å². The molecule has 0 aromatic rings. The van der Waals surface area contributed by atoms with Crippen LogP contribution in [-0.2, 0) is 0 Å². The molecule has 0 radical (unpaired) electrons. The van der Waals surface area contributed by atoms with Crippen LogP contribution in [0.25, 0.3) is 0 Å². The van der Waals surface area contributed by atoms with Crippen LogP contribution in [0.4, 0.5) is 0 Å². The van der Waals surface area contributed by atoms with E-state index in [9.17, 15) is 0 Å². The largest absolute Gasteiger partial charge is 0.362 e. The molecule has 1 saturated heterocycles. The second-order valence-electron chi connectivity index (χ2n) is 5.34. The zero-order valence-electron chi connectivity index (χ0n) is 11.2. The van der Waals surface area contributed by atoms with Crippen molar-refractivity contribution in [2.75, 3.05) is 5.75 Å². The van der Waals surface area contributed by atoms with E-state index in [1.807, 2.05) is 11.8 Å². The van der Waals surface area contributed by atoms with Crippen LogP contribution in [0, 0.1) is 5.92 Å². The Balaban J connectivity index is 1.96. The molecule has 1 N–H and O–H groups in total. The molecule has 17 heavy (non-hydrogen) atoms. The van der Waals surface area contributed by atoms with Crippen LogP contribution in [0.15, 0.2) is 4.99 Å². The van der Waals surface area contributed by atoms with Crippen LogP contribution < -0.4 is 5.32 Å². The van der Waals surface area contributed by atoms with Crippen molar-refractivity contribution in [2.45, 2.75) is 70.9 Å². The zero-order valence-corrected chi connectivity index (χ0v) is 12.1. The van der Waals surface area contributed by atoms with Crippen molar-refractivity contribution in [2.24, 2.45) is 10.9 Å². The molecule has 2 aliphatic rings. The fraction of sp³-hybridized carbons (Fsp3) is 0.929. The molecule has 0 aromatic carbocycles. The molecular weight excluding hydrogens is 228 g/mol. The van der Waals surface area contributed by atoms with E-state index in [2.05, 4.69) is 19.2 Å². The second kappa shape index (κ2) is 6.67. The number of hydrogen-bond acceptors (Lipinski definition) is 2. The highest BCUT2D eigenvalue weighted by Gasteiger charge is 2.25. The summed E-state index contributed by atoms with van der Waals surface area (Å²) in [6.07, 6.45) is 9.30. The Morgan fingerprint density at radius 3 is 2.76 bits per heavy atom. The van der Waals surface area contributed by atoms with Crippen molar-refractivity contribution in [3.05, 3.63) is 0 Å². The van der Waals surface area contributed by atoms with Gasteiger partial charge in [0, 0.05) is 11.8 Å². The van der Waals surface area contributed by atoms with E-state index in [0.717, 1.165) is 5.92 Å². The highest BCUT2D eigenvalue weighted by molar-refractivity contribution is 8.13. The maximum atomic E-state index is 5.01. The van der Waals surface area contributed by atoms with Gasteiger partial charge in [-0.05, 0) is 31.6 Å². The van der Waals surface area contributed by atoms with Crippen molar-refractivity contribution >= 4 is 16.9 Å². The molecule has 0 aromatic heterocycles. The third-order valence-electron chi connectivity index (χ3n) is 4.20. The summed E-state index contributed by atoms with van der Waals surface area (Å²) in [6, 6.07) is 1.26. The first-order valence-electron chi connectivity index (χ1n) is 7.30. The number of amidine groups is 1. The molecular formula is C14H26N2S. The third kappa shape index (κ3) is 3.64. The van der Waals surface area contributed by atoms with Crippen molar-refractivity contribution in [3.8, 4) is 0 Å². The van der Waals surface area contributed by atoms with E-state index in [1.165, 1.54) is 55.9 Å². The number of aliphatic imine (C=N–C) groups is 1. The van der Waals surface area contributed by atoms with E-state index >= 15 is 0 Å². The van der Waals surface area contributed by atoms with E-state index in [-0.39, 0.29) is 0 Å². The molecule has 0 spiro atoms. The molecule has 1 aliphatic carbocycles. The fourth-order valence-electron chi connectivity index (χ4n) is 2.95. The van der Waals surface area contributed by atoms with Gasteiger partial charge in [0.1, 0.15) is 0 Å². The maximum Gasteiger partial charge on any atom is 0.157 e. The topological polar surface area (TPSA) is 24.4 Å². The Kier molecular flexibility index (Phi) is 5.20. The third-order valence-corrected chi connectivity index (χ3v) is 5.14. The van der Waals surface area contributed by atoms with Gasteiger partial charge in [0.05, 0.1) is 6.04 Å². The summed E-state index contributed by atoms with van der Waals surface area (Å²) < 4.78 is 0. The monoisotopic (exact) mass is 254 g/mol. The zero-order chi connectivity index (χ0) is 12.1. The minimum Gasteiger partial charge on any atom is -0.362 e. The Morgan fingerprint density at radius 2 is 2.00 bits per heavy atom. The quantitative estimate of drug-likeness (QED) is 0.828. The predicted octanol–water partition coefficient (Wildman–Crippen LogP) is 3.82. The van der Waals surface area contributed by atoms with E-state index in [1.54, 1.807) is 0 Å². The summed E-state index contributed by atoms with van der Waals surface area (Å²) in [5.74, 6) is 2.08. The van der Waals surface area contributed by atoms with Crippen molar-refractivity contribution < 1.29 is 0 Å². The molecule has 3 unspecified atom stereocenters. The lowest BCUT2D eigenvalue weighted by Crippen LogP contribution is -2.38. The van der Waals surface area contributed by atoms with E-state index in [4.69, 9.17) is 4.99 Å². The fourth-order valence-corrected chi connectivity index (χ4v) is 4.01. The van der Waals surface area contributed by atoms with E-state index in [0.29, 0.717) is 12.1 Å². The lowest BCUT2D eigenvalue weighted by atomic mass is 9.83. The maximum absolute atomic E-state index is 5.01. The molecule has 3 atom stereocenters. The first-order valence-corrected chi connectivity index (χ1v) is 8.29. The average molecular weight is 254 g/mol. The Hall–Kier alpha value is -0.180. The van der Waals surface area contributed by atoms with Crippen LogP contribution in [-0.4, -0.2) is 23.0 Å². The molecule has 3 heteroatoms. The van der Waals surface area contributed by atoms with Gasteiger partial charge in [0.15, 0.2) is 5.17 Å². The SMILES string of the molecule is CCC1CCSC(=NC2CCCCC2CC)N1. The minimum atomic E-state index is 0.597. The highest BCUT2D eigenvalue weighted by atomic mass is 32.2. The summed E-state index contributed by atoms with van der Waals surface area (Å²) in [7, 11) is 0.